The van der Waals surface area contributed by atoms with E-state index in [1.807, 2.05) is 83.9 Å². The van der Waals surface area contributed by atoms with Crippen molar-refractivity contribution in [2.24, 2.45) is 0 Å². The van der Waals surface area contributed by atoms with E-state index in [4.69, 9.17) is 0 Å². The Labute approximate surface area is 208 Å². The van der Waals surface area contributed by atoms with E-state index in [0.717, 1.165) is 58.0 Å². The summed E-state index contributed by atoms with van der Waals surface area (Å²) in [7, 11) is 0. The van der Waals surface area contributed by atoms with Crippen molar-refractivity contribution in [3.63, 3.8) is 0 Å². The molecule has 36 heavy (non-hydrogen) atoms. The number of aromatic amines is 1. The van der Waals surface area contributed by atoms with Crippen molar-refractivity contribution >= 4 is 34.5 Å². The molecule has 0 spiro atoms. The predicted molar refractivity (Wildman–Crippen MR) is 141 cm³/mol. The molecule has 0 atom stereocenters. The third-order valence-electron chi connectivity index (χ3n) is 6.66. The van der Waals surface area contributed by atoms with Crippen LogP contribution in [0.25, 0.3) is 22.5 Å². The number of anilines is 2. The van der Waals surface area contributed by atoms with Crippen LogP contribution in [0.2, 0.25) is 0 Å². The van der Waals surface area contributed by atoms with Gasteiger partial charge in [0.1, 0.15) is 0 Å². The van der Waals surface area contributed by atoms with Gasteiger partial charge in [0.15, 0.2) is 0 Å². The highest BCUT2D eigenvalue weighted by atomic mass is 16.2. The molecule has 0 bridgehead atoms. The Morgan fingerprint density at radius 2 is 1.78 bits per heavy atom. The van der Waals surface area contributed by atoms with E-state index in [2.05, 4.69) is 20.6 Å². The molecule has 1 fully saturated rings. The summed E-state index contributed by atoms with van der Waals surface area (Å²) in [4.78, 5) is 34.3. The fraction of sp³-hybridized carbons (Fsp3) is 0.138. The summed E-state index contributed by atoms with van der Waals surface area (Å²) in [5, 5.41) is 6.49. The van der Waals surface area contributed by atoms with Crippen molar-refractivity contribution in [3.05, 3.63) is 102 Å². The second-order valence-electron chi connectivity index (χ2n) is 9.02. The molecule has 2 aliphatic rings. The summed E-state index contributed by atoms with van der Waals surface area (Å²) in [5.41, 5.74) is 7.69. The lowest BCUT2D eigenvalue weighted by Crippen LogP contribution is -2.23. The molecule has 0 unspecified atom stereocenters. The Morgan fingerprint density at radius 1 is 0.972 bits per heavy atom. The first kappa shape index (κ1) is 21.9. The van der Waals surface area contributed by atoms with E-state index in [-0.39, 0.29) is 11.8 Å². The highest BCUT2D eigenvalue weighted by Gasteiger charge is 2.28. The molecule has 2 amide bonds. The first-order chi connectivity index (χ1) is 17.7. The highest BCUT2D eigenvalue weighted by Crippen LogP contribution is 2.37. The number of carbonyl (C=O) groups excluding carboxylic acids is 2. The predicted octanol–water partition coefficient (Wildman–Crippen LogP) is 5.13. The second kappa shape index (κ2) is 9.19. The van der Waals surface area contributed by atoms with E-state index in [1.54, 1.807) is 6.33 Å². The number of likely N-dealkylation sites (tertiary alicyclic amines) is 1. The number of H-pyrrole nitrogens is 1. The van der Waals surface area contributed by atoms with Crippen LogP contribution in [0, 0.1) is 0 Å². The largest absolute Gasteiger partial charge is 0.354 e. The number of nitrogens with zero attached hydrogens (tertiary/aromatic N) is 2. The fourth-order valence-electron chi connectivity index (χ4n) is 4.80. The van der Waals surface area contributed by atoms with E-state index >= 15 is 0 Å². The number of carbonyl (C=O) groups is 2. The number of hydrogen-bond acceptors (Lipinski definition) is 4. The number of aromatic nitrogens is 2. The minimum absolute atomic E-state index is 0.140. The Kier molecular flexibility index (Phi) is 5.58. The van der Waals surface area contributed by atoms with Crippen LogP contribution in [0.1, 0.15) is 29.5 Å². The summed E-state index contributed by atoms with van der Waals surface area (Å²) in [6.45, 7) is 1.42. The van der Waals surface area contributed by atoms with Crippen LogP contribution in [0.15, 0.2) is 85.3 Å². The average Bonchev–Trinajstić information content (AvgIpc) is 3.64. The fourth-order valence-corrected chi connectivity index (χ4v) is 4.80. The lowest BCUT2D eigenvalue weighted by molar-refractivity contribution is -0.128. The van der Waals surface area contributed by atoms with Gasteiger partial charge in [-0.2, -0.15) is 0 Å². The maximum absolute atomic E-state index is 13.1. The molecular formula is C29H25N5O2. The lowest BCUT2D eigenvalue weighted by Gasteiger charge is -2.18. The molecule has 3 N–H and O–H groups in total. The van der Waals surface area contributed by atoms with Gasteiger partial charge in [-0.25, -0.2) is 4.98 Å². The van der Waals surface area contributed by atoms with E-state index in [9.17, 15) is 9.59 Å². The molecule has 3 aromatic carbocycles. The van der Waals surface area contributed by atoms with Gasteiger partial charge in [0.2, 0.25) is 5.91 Å². The van der Waals surface area contributed by atoms with Crippen LogP contribution in [-0.2, 0) is 16.1 Å². The molecule has 178 valence electrons. The van der Waals surface area contributed by atoms with E-state index < -0.39 is 0 Å². The Bertz CT molecular complexity index is 1450. The molecule has 0 radical (unpaired) electrons. The van der Waals surface area contributed by atoms with Crippen molar-refractivity contribution in [2.75, 3.05) is 17.2 Å². The molecule has 0 aliphatic carbocycles. The van der Waals surface area contributed by atoms with Crippen LogP contribution in [0.3, 0.4) is 0 Å². The zero-order valence-corrected chi connectivity index (χ0v) is 19.6. The third-order valence-corrected chi connectivity index (χ3v) is 6.66. The number of imidazole rings is 1. The number of fused-ring (bicyclic) bond motifs is 1. The Hall–Kier alpha value is -4.65. The Morgan fingerprint density at radius 3 is 2.50 bits per heavy atom. The van der Waals surface area contributed by atoms with Gasteiger partial charge in [-0.15, -0.1) is 0 Å². The normalized spacial score (nSPS) is 16.2. The zero-order chi connectivity index (χ0) is 24.5. The smallest absolute Gasteiger partial charge is 0.258 e. The second-order valence-corrected chi connectivity index (χ2v) is 9.02. The van der Waals surface area contributed by atoms with Gasteiger partial charge in [-0.1, -0.05) is 54.6 Å². The molecule has 1 aromatic heterocycles. The first-order valence-corrected chi connectivity index (χ1v) is 12.0. The quantitative estimate of drug-likeness (QED) is 0.337. The van der Waals surface area contributed by atoms with Crippen molar-refractivity contribution in [1.29, 1.82) is 0 Å². The van der Waals surface area contributed by atoms with Gasteiger partial charge in [-0.05, 0) is 35.7 Å². The highest BCUT2D eigenvalue weighted by molar-refractivity contribution is 6.37. The molecule has 2 aliphatic heterocycles. The number of amides is 2. The molecule has 6 rings (SSSR count). The van der Waals surface area contributed by atoms with Crippen LogP contribution < -0.4 is 10.6 Å². The van der Waals surface area contributed by atoms with Crippen LogP contribution >= 0.6 is 0 Å². The van der Waals surface area contributed by atoms with Crippen LogP contribution in [-0.4, -0.2) is 33.2 Å². The molecule has 4 aromatic rings. The van der Waals surface area contributed by atoms with Gasteiger partial charge in [-0.3, -0.25) is 9.59 Å². The van der Waals surface area contributed by atoms with Gasteiger partial charge < -0.3 is 20.5 Å². The zero-order valence-electron chi connectivity index (χ0n) is 19.6. The third kappa shape index (κ3) is 4.15. The Balaban J connectivity index is 1.36. The topological polar surface area (TPSA) is 90.1 Å². The lowest BCUT2D eigenvalue weighted by atomic mass is 9.99. The number of hydrogen-bond donors (Lipinski definition) is 3. The SMILES string of the molecule is O=C1Nc2ccccc2/C1=C(/Nc1ccc(-c2c[nH]cn2)cc1)c1ccc(CN2CCCC2=O)cc1. The van der Waals surface area contributed by atoms with Crippen molar-refractivity contribution in [3.8, 4) is 11.3 Å². The van der Waals surface area contributed by atoms with Gasteiger partial charge in [0.25, 0.3) is 5.91 Å². The van der Waals surface area contributed by atoms with Gasteiger partial charge in [0.05, 0.1) is 23.3 Å². The minimum atomic E-state index is -0.140. The molecule has 1 saturated heterocycles. The summed E-state index contributed by atoms with van der Waals surface area (Å²) in [6, 6.07) is 23.8. The maximum atomic E-state index is 13.1. The molecule has 0 saturated carbocycles. The van der Waals surface area contributed by atoms with Crippen molar-refractivity contribution in [2.45, 2.75) is 19.4 Å². The first-order valence-electron chi connectivity index (χ1n) is 12.0. The van der Waals surface area contributed by atoms with Crippen LogP contribution in [0.5, 0.6) is 0 Å². The molecule has 7 nitrogen and oxygen atoms in total. The summed E-state index contributed by atoms with van der Waals surface area (Å²) >= 11 is 0. The van der Waals surface area contributed by atoms with Gasteiger partial charge in [0, 0.05) is 48.2 Å². The molecule has 3 heterocycles. The summed E-state index contributed by atoms with van der Waals surface area (Å²) in [5.74, 6) is 0.0691. The molecular weight excluding hydrogens is 450 g/mol. The van der Waals surface area contributed by atoms with E-state index in [1.165, 1.54) is 0 Å². The summed E-state index contributed by atoms with van der Waals surface area (Å²) < 4.78 is 0. The van der Waals surface area contributed by atoms with Crippen LogP contribution in [0.4, 0.5) is 11.4 Å². The van der Waals surface area contributed by atoms with E-state index in [0.29, 0.717) is 18.5 Å². The maximum Gasteiger partial charge on any atom is 0.258 e. The molecule has 7 heteroatoms. The summed E-state index contributed by atoms with van der Waals surface area (Å²) in [6.07, 6.45) is 5.06. The van der Waals surface area contributed by atoms with Crippen molar-refractivity contribution < 1.29 is 9.59 Å². The minimum Gasteiger partial charge on any atom is -0.354 e. The number of rotatable bonds is 6. The van der Waals surface area contributed by atoms with Crippen molar-refractivity contribution in [1.82, 2.24) is 14.9 Å². The standard InChI is InChI=1S/C29H25N5O2/c35-26-6-3-15-34(26)17-19-7-9-21(10-8-19)28(27-23-4-1-2-5-24(23)33-29(27)36)32-22-13-11-20(12-14-22)25-16-30-18-31-25/h1-2,4-5,7-14,16,18,32H,3,6,15,17H2,(H,30,31)(H,33,36)/b28-27-. The number of nitrogens with one attached hydrogen (secondary N) is 3. The number of benzene rings is 3. The number of para-hydroxylation sites is 1. The monoisotopic (exact) mass is 475 g/mol. The average molecular weight is 476 g/mol. The van der Waals surface area contributed by atoms with Gasteiger partial charge >= 0.3 is 0 Å².